The second kappa shape index (κ2) is 9.15. The van der Waals surface area contributed by atoms with Crippen LogP contribution in [0, 0.1) is 18.6 Å². The van der Waals surface area contributed by atoms with Crippen LogP contribution in [0.5, 0.6) is 5.75 Å². The van der Waals surface area contributed by atoms with Gasteiger partial charge in [0.25, 0.3) is 11.8 Å². The van der Waals surface area contributed by atoms with Crippen LogP contribution in [0.2, 0.25) is 5.02 Å². The number of carbonyl (C=O) groups excluding carboxylic acids is 2. The SMILES string of the molecule is CNC(=O)c1ccc(Cc2cc3c(c(Cl)c2C)OCCN(c2ncccc2F)C3=O)cc1F. The van der Waals surface area contributed by atoms with Crippen LogP contribution in [0.1, 0.15) is 37.4 Å². The molecule has 0 atom stereocenters. The van der Waals surface area contributed by atoms with Gasteiger partial charge in [0.1, 0.15) is 12.4 Å². The van der Waals surface area contributed by atoms with Crippen LogP contribution >= 0.6 is 11.6 Å². The topological polar surface area (TPSA) is 71.5 Å². The molecule has 4 rings (SSSR count). The predicted molar refractivity (Wildman–Crippen MR) is 120 cm³/mol. The molecule has 33 heavy (non-hydrogen) atoms. The van der Waals surface area contributed by atoms with Gasteiger partial charge in [-0.05, 0) is 60.4 Å². The first-order chi connectivity index (χ1) is 15.8. The van der Waals surface area contributed by atoms with Gasteiger partial charge in [0, 0.05) is 13.2 Å². The Morgan fingerprint density at radius 3 is 2.73 bits per heavy atom. The zero-order valence-electron chi connectivity index (χ0n) is 17.9. The number of hydrogen-bond acceptors (Lipinski definition) is 4. The highest BCUT2D eigenvalue weighted by Gasteiger charge is 2.30. The maximum Gasteiger partial charge on any atom is 0.263 e. The third-order valence-electron chi connectivity index (χ3n) is 5.50. The zero-order chi connectivity index (χ0) is 23.7. The van der Waals surface area contributed by atoms with Crippen molar-refractivity contribution in [2.45, 2.75) is 13.3 Å². The smallest absolute Gasteiger partial charge is 0.263 e. The van der Waals surface area contributed by atoms with Gasteiger partial charge in [-0.25, -0.2) is 13.8 Å². The number of hydrogen-bond donors (Lipinski definition) is 1. The molecular formula is C24H20ClF2N3O3. The summed E-state index contributed by atoms with van der Waals surface area (Å²) < 4.78 is 34.5. The molecule has 0 fully saturated rings. The number of pyridine rings is 1. The molecule has 170 valence electrons. The van der Waals surface area contributed by atoms with Crippen molar-refractivity contribution in [3.63, 3.8) is 0 Å². The number of aromatic nitrogens is 1. The third kappa shape index (κ3) is 4.26. The van der Waals surface area contributed by atoms with Crippen molar-refractivity contribution in [1.29, 1.82) is 0 Å². The number of halogens is 3. The van der Waals surface area contributed by atoms with Gasteiger partial charge in [0.15, 0.2) is 17.4 Å². The average molecular weight is 472 g/mol. The molecule has 0 unspecified atom stereocenters. The minimum atomic E-state index is -0.651. The minimum absolute atomic E-state index is 0.0606. The number of rotatable bonds is 4. The molecule has 1 aliphatic rings. The maximum absolute atomic E-state index is 14.4. The molecule has 0 saturated heterocycles. The number of benzene rings is 2. The Labute approximate surface area is 194 Å². The molecule has 0 aliphatic carbocycles. The molecule has 0 spiro atoms. The zero-order valence-corrected chi connectivity index (χ0v) is 18.7. The summed E-state index contributed by atoms with van der Waals surface area (Å²) in [5, 5.41) is 2.66. The van der Waals surface area contributed by atoms with Crippen molar-refractivity contribution < 1.29 is 23.1 Å². The lowest BCUT2D eigenvalue weighted by Gasteiger charge is -2.20. The molecule has 9 heteroatoms. The summed E-state index contributed by atoms with van der Waals surface area (Å²) in [5.41, 5.74) is 2.05. The van der Waals surface area contributed by atoms with E-state index in [1.807, 2.05) is 0 Å². The van der Waals surface area contributed by atoms with Gasteiger partial charge in [0.2, 0.25) is 0 Å². The van der Waals surface area contributed by atoms with Gasteiger partial charge < -0.3 is 10.1 Å². The van der Waals surface area contributed by atoms with Gasteiger partial charge in [-0.15, -0.1) is 0 Å². The summed E-state index contributed by atoms with van der Waals surface area (Å²) in [6.45, 7) is 1.99. The third-order valence-corrected chi connectivity index (χ3v) is 5.96. The Kier molecular flexibility index (Phi) is 6.29. The van der Waals surface area contributed by atoms with Crippen LogP contribution in [0.25, 0.3) is 0 Å². The normalized spacial score (nSPS) is 13.2. The highest BCUT2D eigenvalue weighted by Crippen LogP contribution is 2.38. The van der Waals surface area contributed by atoms with Crippen molar-refractivity contribution in [3.05, 3.63) is 87.1 Å². The molecule has 0 saturated carbocycles. The van der Waals surface area contributed by atoms with Gasteiger partial charge in [0.05, 0.1) is 22.7 Å². The quantitative estimate of drug-likeness (QED) is 0.615. The van der Waals surface area contributed by atoms with Crippen molar-refractivity contribution in [1.82, 2.24) is 10.3 Å². The fourth-order valence-corrected chi connectivity index (χ4v) is 4.01. The second-order valence-electron chi connectivity index (χ2n) is 7.54. The number of ether oxygens (including phenoxy) is 1. The molecule has 6 nitrogen and oxygen atoms in total. The van der Waals surface area contributed by atoms with Crippen LogP contribution in [0.3, 0.4) is 0 Å². The first kappa shape index (κ1) is 22.7. The molecule has 2 amide bonds. The molecule has 1 aliphatic heterocycles. The average Bonchev–Trinajstić information content (AvgIpc) is 2.96. The van der Waals surface area contributed by atoms with E-state index in [1.54, 1.807) is 19.1 Å². The van der Waals surface area contributed by atoms with Crippen molar-refractivity contribution >= 4 is 29.2 Å². The van der Waals surface area contributed by atoms with Crippen LogP contribution in [-0.2, 0) is 6.42 Å². The molecule has 0 bridgehead atoms. The van der Waals surface area contributed by atoms with E-state index in [4.69, 9.17) is 16.3 Å². The van der Waals surface area contributed by atoms with Gasteiger partial charge in [-0.3, -0.25) is 14.5 Å². The summed E-state index contributed by atoms with van der Waals surface area (Å²) >= 11 is 6.55. The Morgan fingerprint density at radius 2 is 2.03 bits per heavy atom. The minimum Gasteiger partial charge on any atom is -0.489 e. The van der Waals surface area contributed by atoms with E-state index in [-0.39, 0.29) is 47.3 Å². The molecule has 2 aromatic carbocycles. The lowest BCUT2D eigenvalue weighted by Crippen LogP contribution is -2.33. The number of nitrogens with one attached hydrogen (secondary N) is 1. The van der Waals surface area contributed by atoms with Gasteiger partial charge in [-0.1, -0.05) is 17.7 Å². The van der Waals surface area contributed by atoms with E-state index >= 15 is 0 Å². The first-order valence-electron chi connectivity index (χ1n) is 10.2. The first-order valence-corrected chi connectivity index (χ1v) is 10.6. The Balaban J connectivity index is 1.73. The highest BCUT2D eigenvalue weighted by molar-refractivity contribution is 6.34. The van der Waals surface area contributed by atoms with E-state index < -0.39 is 23.4 Å². The number of amides is 2. The molecule has 1 N–H and O–H groups in total. The Bertz CT molecular complexity index is 1270. The largest absolute Gasteiger partial charge is 0.489 e. The standard InChI is InChI=1S/C24H20ClF2N3O3/c1-13-15(10-14-5-6-16(19(27)11-14)23(31)28-2)12-17-21(20(13)25)33-9-8-30(24(17)32)22-18(26)4-3-7-29-22/h3-7,11-12H,8-10H2,1-2H3,(H,28,31). The summed E-state index contributed by atoms with van der Waals surface area (Å²) in [5.74, 6) is -2.16. The Hall–Kier alpha value is -3.52. The summed E-state index contributed by atoms with van der Waals surface area (Å²) in [6.07, 6.45) is 1.66. The Morgan fingerprint density at radius 1 is 1.24 bits per heavy atom. The van der Waals surface area contributed by atoms with Crippen LogP contribution in [0.15, 0.2) is 42.6 Å². The molecule has 1 aromatic heterocycles. The molecule has 0 radical (unpaired) electrons. The van der Waals surface area contributed by atoms with E-state index in [2.05, 4.69) is 10.3 Å². The van der Waals surface area contributed by atoms with E-state index in [0.29, 0.717) is 16.7 Å². The number of nitrogens with zero attached hydrogens (tertiary/aromatic N) is 2. The number of anilines is 1. The maximum atomic E-state index is 14.4. The van der Waals surface area contributed by atoms with Crippen LogP contribution in [-0.4, -0.2) is 37.0 Å². The number of carbonyl (C=O) groups is 2. The van der Waals surface area contributed by atoms with E-state index in [1.165, 1.54) is 42.4 Å². The van der Waals surface area contributed by atoms with Gasteiger partial charge >= 0.3 is 0 Å². The number of fused-ring (bicyclic) bond motifs is 1. The molecular weight excluding hydrogens is 452 g/mol. The predicted octanol–water partition coefficient (Wildman–Crippen LogP) is 4.31. The van der Waals surface area contributed by atoms with Crippen molar-refractivity contribution in [2.24, 2.45) is 0 Å². The molecule has 3 aromatic rings. The fraction of sp³-hybridized carbons (Fsp3) is 0.208. The summed E-state index contributed by atoms with van der Waals surface area (Å²) in [4.78, 5) is 30.3. The summed E-state index contributed by atoms with van der Waals surface area (Å²) in [6, 6.07) is 8.62. The lowest BCUT2D eigenvalue weighted by atomic mass is 9.96. The fourth-order valence-electron chi connectivity index (χ4n) is 3.73. The second-order valence-corrected chi connectivity index (χ2v) is 7.91. The van der Waals surface area contributed by atoms with E-state index in [0.717, 1.165) is 0 Å². The van der Waals surface area contributed by atoms with Crippen molar-refractivity contribution in [3.8, 4) is 5.75 Å². The van der Waals surface area contributed by atoms with Crippen LogP contribution < -0.4 is 15.0 Å². The van der Waals surface area contributed by atoms with Gasteiger partial charge in [-0.2, -0.15) is 0 Å². The lowest BCUT2D eigenvalue weighted by molar-refractivity contribution is 0.0957. The van der Waals surface area contributed by atoms with Crippen LogP contribution in [0.4, 0.5) is 14.6 Å². The molecule has 2 heterocycles. The van der Waals surface area contributed by atoms with E-state index in [9.17, 15) is 18.4 Å². The highest BCUT2D eigenvalue weighted by atomic mass is 35.5. The summed E-state index contributed by atoms with van der Waals surface area (Å²) in [7, 11) is 1.43. The van der Waals surface area contributed by atoms with Crippen molar-refractivity contribution in [2.75, 3.05) is 25.1 Å². The monoisotopic (exact) mass is 471 g/mol.